The van der Waals surface area contributed by atoms with E-state index in [2.05, 4.69) is 0 Å². The quantitative estimate of drug-likeness (QED) is 0.404. The molecule has 0 saturated heterocycles. The largest absolute Gasteiger partial charge is 0.463 e. The fourth-order valence-electron chi connectivity index (χ4n) is 2.74. The number of fused-ring (bicyclic) bond motifs is 1. The predicted molar refractivity (Wildman–Crippen MR) is 98.3 cm³/mol. The van der Waals surface area contributed by atoms with Gasteiger partial charge in [-0.15, -0.1) is 0 Å². The lowest BCUT2D eigenvalue weighted by molar-refractivity contribution is -0.137. The molecular weight excluding hydrogens is 316 g/mol. The van der Waals surface area contributed by atoms with Crippen molar-refractivity contribution in [3.05, 3.63) is 76.2 Å². The Morgan fingerprint density at radius 3 is 2.68 bits per heavy atom. The van der Waals surface area contributed by atoms with Gasteiger partial charge >= 0.3 is 11.6 Å². The van der Waals surface area contributed by atoms with Crippen molar-refractivity contribution in [2.45, 2.75) is 13.8 Å². The Balaban J connectivity index is 2.09. The second kappa shape index (κ2) is 7.18. The molecule has 0 aliphatic rings. The van der Waals surface area contributed by atoms with Gasteiger partial charge in [0.2, 0.25) is 0 Å². The number of benzene rings is 2. The highest BCUT2D eigenvalue weighted by molar-refractivity contribution is 5.95. The molecule has 4 nitrogen and oxygen atoms in total. The van der Waals surface area contributed by atoms with E-state index < -0.39 is 11.6 Å². The van der Waals surface area contributed by atoms with Gasteiger partial charge < -0.3 is 9.15 Å². The fourth-order valence-corrected chi connectivity index (χ4v) is 2.74. The highest BCUT2D eigenvalue weighted by Gasteiger charge is 2.10. The molecule has 0 amide bonds. The van der Waals surface area contributed by atoms with Crippen LogP contribution in [0.4, 0.5) is 0 Å². The van der Waals surface area contributed by atoms with Crippen LogP contribution in [0.2, 0.25) is 0 Å². The van der Waals surface area contributed by atoms with Crippen molar-refractivity contribution in [3.8, 4) is 11.1 Å². The first-order valence-corrected chi connectivity index (χ1v) is 8.07. The summed E-state index contributed by atoms with van der Waals surface area (Å²) in [7, 11) is 0. The molecule has 25 heavy (non-hydrogen) atoms. The molecule has 0 bridgehead atoms. The summed E-state index contributed by atoms with van der Waals surface area (Å²) in [4.78, 5) is 23.4. The zero-order chi connectivity index (χ0) is 17.8. The van der Waals surface area contributed by atoms with E-state index in [0.717, 1.165) is 27.6 Å². The van der Waals surface area contributed by atoms with Crippen molar-refractivity contribution in [2.75, 3.05) is 6.61 Å². The smallest absolute Gasteiger partial charge is 0.336 e. The monoisotopic (exact) mass is 334 g/mol. The van der Waals surface area contributed by atoms with E-state index in [9.17, 15) is 9.59 Å². The van der Waals surface area contributed by atoms with Gasteiger partial charge in [0.1, 0.15) is 5.58 Å². The average molecular weight is 334 g/mol. The third kappa shape index (κ3) is 3.69. The lowest BCUT2D eigenvalue weighted by atomic mass is 9.97. The van der Waals surface area contributed by atoms with E-state index in [1.807, 2.05) is 43.3 Å². The van der Waals surface area contributed by atoms with Crippen LogP contribution >= 0.6 is 0 Å². The molecule has 126 valence electrons. The van der Waals surface area contributed by atoms with E-state index in [1.165, 1.54) is 12.1 Å². The number of hydrogen-bond donors (Lipinski definition) is 0. The first-order chi connectivity index (χ1) is 12.1. The zero-order valence-electron chi connectivity index (χ0n) is 14.1. The number of aryl methyl sites for hydroxylation is 1. The Hall–Kier alpha value is -3.14. The van der Waals surface area contributed by atoms with Crippen LogP contribution in [0.3, 0.4) is 0 Å². The molecule has 1 aromatic heterocycles. The summed E-state index contributed by atoms with van der Waals surface area (Å²) in [5.74, 6) is -0.405. The van der Waals surface area contributed by atoms with Crippen LogP contribution in [0.15, 0.2) is 63.8 Å². The van der Waals surface area contributed by atoms with Crippen molar-refractivity contribution in [3.63, 3.8) is 0 Å². The molecule has 3 aromatic rings. The zero-order valence-corrected chi connectivity index (χ0v) is 14.1. The molecule has 0 radical (unpaired) electrons. The minimum Gasteiger partial charge on any atom is -0.463 e. The fraction of sp³-hybridized carbons (Fsp3) is 0.143. The standard InChI is InChI=1S/C21H18O4/c1-3-24-20(22)11-9-15-8-10-17-18(13-21(23)25-19(17)12-15)16-7-5-4-6-14(16)2/h4-13H,3H2,1-2H3/b11-9+. The Kier molecular flexibility index (Phi) is 4.80. The van der Waals surface area contributed by atoms with Crippen molar-refractivity contribution in [2.24, 2.45) is 0 Å². The third-order valence-corrected chi connectivity index (χ3v) is 3.90. The molecule has 0 N–H and O–H groups in total. The summed E-state index contributed by atoms with van der Waals surface area (Å²) in [5.41, 5.74) is 3.75. The highest BCUT2D eigenvalue weighted by atomic mass is 16.5. The Morgan fingerprint density at radius 1 is 1.12 bits per heavy atom. The van der Waals surface area contributed by atoms with Gasteiger partial charge in [-0.05, 0) is 42.7 Å². The summed E-state index contributed by atoms with van der Waals surface area (Å²) < 4.78 is 10.2. The topological polar surface area (TPSA) is 56.5 Å². The average Bonchev–Trinajstić information content (AvgIpc) is 2.59. The number of hydrogen-bond acceptors (Lipinski definition) is 4. The normalized spacial score (nSPS) is 11.1. The maximum absolute atomic E-state index is 12.0. The molecule has 0 unspecified atom stereocenters. The van der Waals surface area contributed by atoms with Crippen molar-refractivity contribution >= 4 is 23.0 Å². The molecule has 0 aliphatic carbocycles. The predicted octanol–water partition coefficient (Wildman–Crippen LogP) is 4.34. The summed E-state index contributed by atoms with van der Waals surface area (Å²) in [6, 6.07) is 14.9. The maximum atomic E-state index is 12.0. The van der Waals surface area contributed by atoms with Crippen LogP contribution in [0.25, 0.3) is 28.2 Å². The van der Waals surface area contributed by atoms with E-state index >= 15 is 0 Å². The maximum Gasteiger partial charge on any atom is 0.336 e. The van der Waals surface area contributed by atoms with E-state index in [-0.39, 0.29) is 0 Å². The summed E-state index contributed by atoms with van der Waals surface area (Å²) in [5, 5.41) is 0.849. The van der Waals surface area contributed by atoms with Gasteiger partial charge in [0, 0.05) is 23.1 Å². The molecule has 0 fully saturated rings. The number of carbonyl (C=O) groups is 1. The van der Waals surface area contributed by atoms with Crippen LogP contribution in [0, 0.1) is 6.92 Å². The van der Waals surface area contributed by atoms with Gasteiger partial charge in [-0.25, -0.2) is 9.59 Å². The Bertz CT molecular complexity index is 1010. The molecule has 3 rings (SSSR count). The highest BCUT2D eigenvalue weighted by Crippen LogP contribution is 2.30. The molecule has 0 spiro atoms. The van der Waals surface area contributed by atoms with Crippen LogP contribution in [0.1, 0.15) is 18.1 Å². The van der Waals surface area contributed by atoms with E-state index in [1.54, 1.807) is 19.1 Å². The molecule has 0 atom stereocenters. The van der Waals surface area contributed by atoms with Gasteiger partial charge in [0.25, 0.3) is 0 Å². The van der Waals surface area contributed by atoms with Gasteiger partial charge in [0.05, 0.1) is 6.61 Å². The molecule has 0 aliphatic heterocycles. The molecule has 4 heteroatoms. The SMILES string of the molecule is CCOC(=O)/C=C/c1ccc2c(-c3ccccc3C)cc(=O)oc2c1. The molecule has 0 saturated carbocycles. The summed E-state index contributed by atoms with van der Waals surface area (Å²) >= 11 is 0. The summed E-state index contributed by atoms with van der Waals surface area (Å²) in [6.45, 7) is 4.09. The van der Waals surface area contributed by atoms with Gasteiger partial charge in [0.15, 0.2) is 0 Å². The molecular formula is C21H18O4. The van der Waals surface area contributed by atoms with Crippen LogP contribution in [-0.4, -0.2) is 12.6 Å². The van der Waals surface area contributed by atoms with E-state index in [4.69, 9.17) is 9.15 Å². The second-order valence-electron chi connectivity index (χ2n) is 5.64. The number of carbonyl (C=O) groups excluding carboxylic acids is 1. The van der Waals surface area contributed by atoms with Crippen molar-refractivity contribution in [1.29, 1.82) is 0 Å². The summed E-state index contributed by atoms with van der Waals surface area (Å²) in [6.07, 6.45) is 2.99. The van der Waals surface area contributed by atoms with Crippen LogP contribution in [-0.2, 0) is 9.53 Å². The second-order valence-corrected chi connectivity index (χ2v) is 5.64. The number of esters is 1. The first-order valence-electron chi connectivity index (χ1n) is 8.07. The third-order valence-electron chi connectivity index (χ3n) is 3.90. The van der Waals surface area contributed by atoms with E-state index in [0.29, 0.717) is 12.2 Å². The van der Waals surface area contributed by atoms with Crippen LogP contribution in [0.5, 0.6) is 0 Å². The first kappa shape index (κ1) is 16.7. The minimum absolute atomic E-state index is 0.329. The van der Waals surface area contributed by atoms with Crippen molar-refractivity contribution in [1.82, 2.24) is 0 Å². The lowest BCUT2D eigenvalue weighted by Crippen LogP contribution is -1.99. The van der Waals surface area contributed by atoms with Gasteiger partial charge in [-0.2, -0.15) is 0 Å². The minimum atomic E-state index is -0.405. The van der Waals surface area contributed by atoms with Crippen molar-refractivity contribution < 1.29 is 13.9 Å². The van der Waals surface area contributed by atoms with Gasteiger partial charge in [-0.3, -0.25) is 0 Å². The molecule has 2 aromatic carbocycles. The molecule has 1 heterocycles. The number of rotatable bonds is 4. The Labute approximate surface area is 145 Å². The Morgan fingerprint density at radius 2 is 1.92 bits per heavy atom. The van der Waals surface area contributed by atoms with Gasteiger partial charge in [-0.1, -0.05) is 36.4 Å². The number of ether oxygens (including phenoxy) is 1. The van der Waals surface area contributed by atoms with Crippen LogP contribution < -0.4 is 5.63 Å². The lowest BCUT2D eigenvalue weighted by Gasteiger charge is -2.09.